The Hall–Kier alpha value is -2.30. The summed E-state index contributed by atoms with van der Waals surface area (Å²) in [5.74, 6) is 2.13. The fourth-order valence-electron chi connectivity index (χ4n) is 3.92. The summed E-state index contributed by atoms with van der Waals surface area (Å²) in [4.78, 5) is 18.5. The Morgan fingerprint density at radius 2 is 2.03 bits per heavy atom. The summed E-state index contributed by atoms with van der Waals surface area (Å²) in [6.07, 6.45) is 8.26. The molecule has 0 bridgehead atoms. The summed E-state index contributed by atoms with van der Waals surface area (Å²) in [5.41, 5.74) is 2.51. The molecule has 2 fully saturated rings. The molecule has 8 nitrogen and oxygen atoms in total. The van der Waals surface area contributed by atoms with Gasteiger partial charge in [0.1, 0.15) is 5.75 Å². The molecule has 1 saturated carbocycles. The molecule has 2 heterocycles. The minimum Gasteiger partial charge on any atom is -0.484 e. The van der Waals surface area contributed by atoms with E-state index in [4.69, 9.17) is 4.74 Å². The van der Waals surface area contributed by atoms with Crippen molar-refractivity contribution in [3.63, 3.8) is 0 Å². The molecule has 9 heteroatoms. The van der Waals surface area contributed by atoms with Crippen LogP contribution in [0, 0.1) is 0 Å². The van der Waals surface area contributed by atoms with Crippen LogP contribution in [0.3, 0.4) is 0 Å². The van der Waals surface area contributed by atoms with Gasteiger partial charge in [-0.25, -0.2) is 0 Å². The molecule has 1 atom stereocenters. The molecule has 4 rings (SSSR count). The van der Waals surface area contributed by atoms with Gasteiger partial charge in [0.15, 0.2) is 12.6 Å². The molecule has 1 aliphatic carbocycles. The smallest absolute Gasteiger partial charge is 0.258 e. The average Bonchev–Trinajstić information content (AvgIpc) is 3.26. The number of aliphatic imine (C=N–C) groups is 1. The second kappa shape index (κ2) is 11.5. The first-order valence-electron chi connectivity index (χ1n) is 11.1. The molecule has 0 spiro atoms. The van der Waals surface area contributed by atoms with E-state index in [-0.39, 0.29) is 36.5 Å². The summed E-state index contributed by atoms with van der Waals surface area (Å²) < 4.78 is 7.43. The van der Waals surface area contributed by atoms with E-state index in [1.165, 1.54) is 11.1 Å². The number of aryl methyl sites for hydroxylation is 1. The fraction of sp³-hybridized carbons (Fsp3) is 0.522. The van der Waals surface area contributed by atoms with Crippen LogP contribution in [-0.2, 0) is 18.3 Å². The van der Waals surface area contributed by atoms with Crippen LogP contribution >= 0.6 is 24.0 Å². The Bertz CT molecular complexity index is 909. The highest BCUT2D eigenvalue weighted by Crippen LogP contribution is 2.26. The average molecular weight is 552 g/mol. The number of hydrogen-bond acceptors (Lipinski definition) is 4. The summed E-state index contributed by atoms with van der Waals surface area (Å²) in [7, 11) is 3.80. The lowest BCUT2D eigenvalue weighted by atomic mass is 10.0. The SMILES string of the molecule is CN=C(NCCc1ccc(OCC(=O)NC2CC2)cc1)N1CCC(c2cnn(C)c2)C1.I. The topological polar surface area (TPSA) is 83.8 Å². The first kappa shape index (κ1) is 24.3. The maximum Gasteiger partial charge on any atom is 0.258 e. The van der Waals surface area contributed by atoms with Crippen LogP contribution in [0.25, 0.3) is 0 Å². The van der Waals surface area contributed by atoms with Crippen molar-refractivity contribution in [3.8, 4) is 5.75 Å². The number of carbonyl (C=O) groups is 1. The van der Waals surface area contributed by atoms with Gasteiger partial charge in [-0.1, -0.05) is 12.1 Å². The van der Waals surface area contributed by atoms with Gasteiger partial charge in [0.05, 0.1) is 6.20 Å². The maximum absolute atomic E-state index is 11.7. The lowest BCUT2D eigenvalue weighted by Gasteiger charge is -2.21. The molecule has 1 aromatic carbocycles. The first-order chi connectivity index (χ1) is 15.1. The zero-order chi connectivity index (χ0) is 21.6. The Morgan fingerprint density at radius 1 is 1.25 bits per heavy atom. The summed E-state index contributed by atoms with van der Waals surface area (Å²) >= 11 is 0. The number of halogens is 1. The van der Waals surface area contributed by atoms with Crippen LogP contribution in [0.2, 0.25) is 0 Å². The van der Waals surface area contributed by atoms with Crippen LogP contribution in [0.1, 0.15) is 36.3 Å². The van der Waals surface area contributed by atoms with Crippen molar-refractivity contribution in [2.24, 2.45) is 12.0 Å². The molecule has 0 radical (unpaired) electrons. The fourth-order valence-corrected chi connectivity index (χ4v) is 3.92. The third kappa shape index (κ3) is 6.85. The van der Waals surface area contributed by atoms with Gasteiger partial charge in [-0.3, -0.25) is 14.5 Å². The molecule has 2 aromatic rings. The zero-order valence-electron chi connectivity index (χ0n) is 18.8. The molecular formula is C23H33IN6O2. The van der Waals surface area contributed by atoms with Crippen molar-refractivity contribution in [2.75, 3.05) is 33.3 Å². The number of likely N-dealkylation sites (tertiary alicyclic amines) is 1. The number of aromatic nitrogens is 2. The van der Waals surface area contributed by atoms with Gasteiger partial charge in [0, 0.05) is 51.9 Å². The quantitative estimate of drug-likeness (QED) is 0.299. The lowest BCUT2D eigenvalue weighted by molar-refractivity contribution is -0.123. The van der Waals surface area contributed by atoms with Gasteiger partial charge >= 0.3 is 0 Å². The normalized spacial score (nSPS) is 18.2. The molecule has 1 amide bonds. The molecule has 1 saturated heterocycles. The number of carbonyl (C=O) groups excluding carboxylic acids is 1. The monoisotopic (exact) mass is 552 g/mol. The molecular weight excluding hydrogens is 519 g/mol. The molecule has 2 aliphatic rings. The van der Waals surface area contributed by atoms with E-state index in [2.05, 4.69) is 31.8 Å². The van der Waals surface area contributed by atoms with Crippen LogP contribution in [-0.4, -0.2) is 65.9 Å². The van der Waals surface area contributed by atoms with Crippen LogP contribution in [0.5, 0.6) is 5.75 Å². The van der Waals surface area contributed by atoms with E-state index >= 15 is 0 Å². The van der Waals surface area contributed by atoms with E-state index in [0.29, 0.717) is 12.0 Å². The summed E-state index contributed by atoms with van der Waals surface area (Å²) in [5, 5.41) is 10.7. The highest BCUT2D eigenvalue weighted by Gasteiger charge is 2.26. The van der Waals surface area contributed by atoms with Crippen molar-refractivity contribution in [3.05, 3.63) is 47.8 Å². The van der Waals surface area contributed by atoms with E-state index in [0.717, 1.165) is 57.0 Å². The third-order valence-electron chi connectivity index (χ3n) is 5.83. The van der Waals surface area contributed by atoms with Gasteiger partial charge in [-0.2, -0.15) is 5.10 Å². The Kier molecular flexibility index (Phi) is 8.77. The molecule has 174 valence electrons. The summed E-state index contributed by atoms with van der Waals surface area (Å²) in [6, 6.07) is 8.31. The Balaban J connectivity index is 0.00000289. The number of benzene rings is 1. The van der Waals surface area contributed by atoms with Crippen molar-refractivity contribution in [1.82, 2.24) is 25.3 Å². The van der Waals surface area contributed by atoms with E-state index in [1.807, 2.05) is 49.2 Å². The Morgan fingerprint density at radius 3 is 2.69 bits per heavy atom. The molecule has 2 N–H and O–H groups in total. The Labute approximate surface area is 206 Å². The number of amides is 1. The van der Waals surface area contributed by atoms with Crippen molar-refractivity contribution in [2.45, 2.75) is 37.6 Å². The minimum absolute atomic E-state index is 0. The lowest BCUT2D eigenvalue weighted by Crippen LogP contribution is -2.40. The predicted molar refractivity (Wildman–Crippen MR) is 136 cm³/mol. The maximum atomic E-state index is 11.7. The van der Waals surface area contributed by atoms with Crippen molar-refractivity contribution < 1.29 is 9.53 Å². The zero-order valence-corrected chi connectivity index (χ0v) is 21.1. The van der Waals surface area contributed by atoms with Crippen LogP contribution in [0.4, 0.5) is 0 Å². The molecule has 1 aliphatic heterocycles. The van der Waals surface area contributed by atoms with Crippen molar-refractivity contribution >= 4 is 35.8 Å². The highest BCUT2D eigenvalue weighted by atomic mass is 127. The van der Waals surface area contributed by atoms with Gasteiger partial charge in [0.2, 0.25) is 0 Å². The van der Waals surface area contributed by atoms with Gasteiger partial charge in [0.25, 0.3) is 5.91 Å². The first-order valence-corrected chi connectivity index (χ1v) is 11.1. The number of hydrogen-bond donors (Lipinski definition) is 2. The summed E-state index contributed by atoms with van der Waals surface area (Å²) in [6.45, 7) is 2.85. The van der Waals surface area contributed by atoms with Crippen LogP contribution < -0.4 is 15.4 Å². The number of rotatable bonds is 8. The van der Waals surface area contributed by atoms with Crippen LogP contribution in [0.15, 0.2) is 41.7 Å². The van der Waals surface area contributed by atoms with E-state index in [9.17, 15) is 4.79 Å². The number of guanidine groups is 1. The van der Waals surface area contributed by atoms with Crippen molar-refractivity contribution in [1.29, 1.82) is 0 Å². The van der Waals surface area contributed by atoms with E-state index in [1.54, 1.807) is 0 Å². The second-order valence-corrected chi connectivity index (χ2v) is 8.38. The standard InChI is InChI=1S/C23H32N6O2.HI/c1-24-23(29-12-10-18(15-29)19-13-26-28(2)14-19)25-11-9-17-3-7-21(8-4-17)31-16-22(30)27-20-5-6-20;/h3-4,7-8,13-14,18,20H,5-6,9-12,15-16H2,1-2H3,(H,24,25)(H,27,30);1H. The number of nitrogens with one attached hydrogen (secondary N) is 2. The molecule has 32 heavy (non-hydrogen) atoms. The molecule has 1 aromatic heterocycles. The minimum atomic E-state index is -0.0464. The third-order valence-corrected chi connectivity index (χ3v) is 5.83. The number of nitrogens with zero attached hydrogens (tertiary/aromatic N) is 4. The van der Waals surface area contributed by atoms with Gasteiger partial charge in [-0.15, -0.1) is 24.0 Å². The highest BCUT2D eigenvalue weighted by molar-refractivity contribution is 14.0. The van der Waals surface area contributed by atoms with E-state index < -0.39 is 0 Å². The molecule has 1 unspecified atom stereocenters. The second-order valence-electron chi connectivity index (χ2n) is 8.38. The van der Waals surface area contributed by atoms with Gasteiger partial charge in [-0.05, 0) is 48.9 Å². The predicted octanol–water partition coefficient (Wildman–Crippen LogP) is 2.30. The van der Waals surface area contributed by atoms with Gasteiger partial charge < -0.3 is 20.3 Å². The largest absolute Gasteiger partial charge is 0.484 e. The number of ether oxygens (including phenoxy) is 1.